The highest BCUT2D eigenvalue weighted by Gasteiger charge is 2.30. The number of hydrogen-bond acceptors (Lipinski definition) is 5. The van der Waals surface area contributed by atoms with Crippen molar-refractivity contribution in [3.05, 3.63) is 89.1 Å². The van der Waals surface area contributed by atoms with Crippen molar-refractivity contribution in [1.29, 1.82) is 0 Å². The van der Waals surface area contributed by atoms with Crippen LogP contribution in [0.2, 0.25) is 0 Å². The first kappa shape index (κ1) is 40.9. The van der Waals surface area contributed by atoms with Gasteiger partial charge >= 0.3 is 0 Å². The number of nitrogens with one attached hydrogen (secondary N) is 4. The minimum atomic E-state index is -0.747. The maximum Gasteiger partial charge on any atom is 0.247 e. The molecule has 1 saturated carbocycles. The minimum absolute atomic E-state index is 0.0760. The van der Waals surface area contributed by atoms with Gasteiger partial charge in [-0.1, -0.05) is 108 Å². The summed E-state index contributed by atoms with van der Waals surface area (Å²) < 4.78 is 0. The lowest BCUT2D eigenvalue weighted by Crippen LogP contribution is -2.51. The van der Waals surface area contributed by atoms with Gasteiger partial charge in [0.1, 0.15) is 12.1 Å². The van der Waals surface area contributed by atoms with Gasteiger partial charge in [-0.25, -0.2) is 0 Å². The molecule has 0 radical (unpaired) electrons. The van der Waals surface area contributed by atoms with E-state index in [1.54, 1.807) is 32.2 Å². The van der Waals surface area contributed by atoms with Gasteiger partial charge < -0.3 is 21.3 Å². The molecule has 2 aromatic rings. The quantitative estimate of drug-likeness (QED) is 0.121. The van der Waals surface area contributed by atoms with E-state index in [0.29, 0.717) is 30.8 Å². The lowest BCUT2D eigenvalue weighted by Gasteiger charge is -2.30. The first-order chi connectivity index (χ1) is 24.5. The second-order valence-corrected chi connectivity index (χ2v) is 14.1. The molecule has 1 aromatic carbocycles. The van der Waals surface area contributed by atoms with Crippen LogP contribution in [0.5, 0.6) is 0 Å². The summed E-state index contributed by atoms with van der Waals surface area (Å²) in [7, 11) is 0. The van der Waals surface area contributed by atoms with Gasteiger partial charge in [-0.15, -0.1) is 6.58 Å². The van der Waals surface area contributed by atoms with Gasteiger partial charge in [-0.05, 0) is 73.9 Å². The molecule has 1 heterocycles. The van der Waals surface area contributed by atoms with Crippen molar-refractivity contribution in [3.63, 3.8) is 0 Å². The number of aromatic nitrogens is 1. The van der Waals surface area contributed by atoms with Crippen LogP contribution in [0.4, 0.5) is 0 Å². The number of nitrogens with zero attached hydrogens (tertiary/aromatic N) is 1. The fourth-order valence-corrected chi connectivity index (χ4v) is 6.49. The van der Waals surface area contributed by atoms with Gasteiger partial charge in [0, 0.05) is 23.7 Å². The van der Waals surface area contributed by atoms with Crippen LogP contribution in [0.3, 0.4) is 0 Å². The Morgan fingerprint density at radius 2 is 1.65 bits per heavy atom. The van der Waals surface area contributed by atoms with Gasteiger partial charge in [0.05, 0.1) is 12.2 Å². The Balaban J connectivity index is 1.66. The van der Waals surface area contributed by atoms with Crippen molar-refractivity contribution in [2.45, 2.75) is 117 Å². The molecule has 2 unspecified atom stereocenters. The molecule has 9 heteroatoms. The van der Waals surface area contributed by atoms with Gasteiger partial charge in [-0.2, -0.15) is 0 Å². The number of carbonyl (C=O) groups is 4. The maximum atomic E-state index is 13.7. The SMILES string of the molecule is C=CCC(CC[C@H](CC1CCCCC1)NC(=O)[C@H](C)NC(=O)/C(C)=C/C=c1/ccccc1=C)C(=O)NC(C(=O)NCc1ccccn1)[C@H](C)CC. The highest BCUT2D eigenvalue weighted by atomic mass is 16.2. The molecule has 4 N–H and O–H groups in total. The molecule has 0 aliphatic heterocycles. The third-order valence-corrected chi connectivity index (χ3v) is 10.0. The Labute approximate surface area is 304 Å². The van der Waals surface area contributed by atoms with E-state index >= 15 is 0 Å². The zero-order valence-electron chi connectivity index (χ0n) is 31.1. The normalized spacial score (nSPS) is 16.9. The molecular weight excluding hydrogens is 638 g/mol. The van der Waals surface area contributed by atoms with E-state index in [1.807, 2.05) is 62.4 Å². The number of pyridine rings is 1. The second kappa shape index (κ2) is 21.6. The van der Waals surface area contributed by atoms with Crippen molar-refractivity contribution in [1.82, 2.24) is 26.3 Å². The number of benzene rings is 1. The minimum Gasteiger partial charge on any atom is -0.352 e. The van der Waals surface area contributed by atoms with E-state index in [-0.39, 0.29) is 42.1 Å². The lowest BCUT2D eigenvalue weighted by molar-refractivity contribution is -0.132. The number of allylic oxidation sites excluding steroid dienone is 2. The zero-order valence-corrected chi connectivity index (χ0v) is 31.1. The molecule has 0 saturated heterocycles. The highest BCUT2D eigenvalue weighted by Crippen LogP contribution is 2.29. The molecule has 1 aliphatic carbocycles. The Morgan fingerprint density at radius 3 is 2.31 bits per heavy atom. The van der Waals surface area contributed by atoms with Crippen LogP contribution >= 0.6 is 0 Å². The van der Waals surface area contributed by atoms with Crippen LogP contribution in [-0.2, 0) is 25.7 Å². The van der Waals surface area contributed by atoms with Crippen LogP contribution in [0, 0.1) is 17.8 Å². The smallest absolute Gasteiger partial charge is 0.247 e. The molecule has 0 bridgehead atoms. The molecule has 4 amide bonds. The van der Waals surface area contributed by atoms with E-state index < -0.39 is 18.0 Å². The summed E-state index contributed by atoms with van der Waals surface area (Å²) in [6.07, 6.45) is 15.9. The number of hydrogen-bond donors (Lipinski definition) is 4. The molecule has 0 spiro atoms. The van der Waals surface area contributed by atoms with Crippen LogP contribution in [0.15, 0.2) is 73.0 Å². The fourth-order valence-electron chi connectivity index (χ4n) is 6.49. The van der Waals surface area contributed by atoms with Crippen molar-refractivity contribution < 1.29 is 19.2 Å². The molecule has 3 rings (SSSR count). The molecule has 1 fully saturated rings. The number of amides is 4. The van der Waals surface area contributed by atoms with Gasteiger partial charge in [-0.3, -0.25) is 24.2 Å². The standard InChI is InChI=1S/C42H59N5O4/c1-7-16-35(41(50)47-38(29(3)8-2)42(51)44-28-37-21-14-15-26-43-37)24-25-36(27-33-18-10-9-11-19-33)46-40(49)32(6)45-39(48)31(5)22-23-34-20-13-12-17-30(34)4/h7,12-15,17,20-23,26,29,32-33,35-36,38H,1,4,8-11,16,18-19,24-25,27-28H2,2-3,5-6H3,(H,44,51)(H,45,48)(H,46,49)(H,47,50)/b31-22+,34-23-/t29-,32+,35?,36-,38?/m1/s1. The third-order valence-electron chi connectivity index (χ3n) is 10.0. The third kappa shape index (κ3) is 14.0. The summed E-state index contributed by atoms with van der Waals surface area (Å²) in [4.78, 5) is 57.7. The number of carbonyl (C=O) groups excluding carboxylic acids is 4. The molecule has 9 nitrogen and oxygen atoms in total. The lowest BCUT2D eigenvalue weighted by atomic mass is 9.83. The van der Waals surface area contributed by atoms with Gasteiger partial charge in [0.15, 0.2) is 0 Å². The number of rotatable bonds is 19. The predicted octanol–water partition coefficient (Wildman–Crippen LogP) is 5.00. The van der Waals surface area contributed by atoms with Gasteiger partial charge in [0.25, 0.3) is 0 Å². The monoisotopic (exact) mass is 697 g/mol. The largest absolute Gasteiger partial charge is 0.352 e. The van der Waals surface area contributed by atoms with Gasteiger partial charge in [0.2, 0.25) is 23.6 Å². The Bertz CT molecular complexity index is 1580. The van der Waals surface area contributed by atoms with E-state index in [9.17, 15) is 19.2 Å². The summed E-state index contributed by atoms with van der Waals surface area (Å²) in [5.41, 5.74) is 1.22. The first-order valence-corrected chi connectivity index (χ1v) is 18.6. The summed E-state index contributed by atoms with van der Waals surface area (Å²) in [5.74, 6) is -1.00. The highest BCUT2D eigenvalue weighted by molar-refractivity contribution is 5.97. The average molecular weight is 698 g/mol. The van der Waals surface area contributed by atoms with E-state index in [2.05, 4.69) is 39.4 Å². The Morgan fingerprint density at radius 1 is 0.922 bits per heavy atom. The van der Waals surface area contributed by atoms with Crippen molar-refractivity contribution >= 4 is 36.3 Å². The van der Waals surface area contributed by atoms with E-state index in [1.165, 1.54) is 19.3 Å². The first-order valence-electron chi connectivity index (χ1n) is 18.6. The summed E-state index contributed by atoms with van der Waals surface area (Å²) in [5, 5.41) is 13.8. The summed E-state index contributed by atoms with van der Waals surface area (Å²) in [6.45, 7) is 15.6. The molecule has 1 aliphatic rings. The maximum absolute atomic E-state index is 13.7. The van der Waals surface area contributed by atoms with Crippen LogP contribution in [0.1, 0.15) is 97.6 Å². The Kier molecular flexibility index (Phi) is 17.3. The van der Waals surface area contributed by atoms with Crippen LogP contribution < -0.4 is 31.7 Å². The predicted molar refractivity (Wildman–Crippen MR) is 205 cm³/mol. The van der Waals surface area contributed by atoms with E-state index in [4.69, 9.17) is 0 Å². The second-order valence-electron chi connectivity index (χ2n) is 14.1. The molecule has 1 aromatic heterocycles. The molecule has 276 valence electrons. The average Bonchev–Trinajstić information content (AvgIpc) is 3.14. The molecular formula is C42H59N5O4. The van der Waals surface area contributed by atoms with Crippen LogP contribution in [-0.4, -0.2) is 46.7 Å². The van der Waals surface area contributed by atoms with Crippen molar-refractivity contribution in [3.8, 4) is 0 Å². The topological polar surface area (TPSA) is 129 Å². The Hall–Kier alpha value is -4.53. The fraction of sp³-hybridized carbons (Fsp3) is 0.500. The van der Waals surface area contributed by atoms with E-state index in [0.717, 1.165) is 41.8 Å². The molecule has 51 heavy (non-hydrogen) atoms. The summed E-state index contributed by atoms with van der Waals surface area (Å²) >= 11 is 0. The molecule has 5 atom stereocenters. The summed E-state index contributed by atoms with van der Waals surface area (Å²) in [6, 6.07) is 11.6. The van der Waals surface area contributed by atoms with Crippen molar-refractivity contribution in [2.75, 3.05) is 0 Å². The zero-order chi connectivity index (χ0) is 37.2. The van der Waals surface area contributed by atoms with Crippen LogP contribution in [0.25, 0.3) is 12.7 Å². The van der Waals surface area contributed by atoms with Crippen molar-refractivity contribution in [2.24, 2.45) is 17.8 Å².